The molecular weight excluding hydrogens is 500 g/mol. The molecule has 0 saturated heterocycles. The first-order valence-corrected chi connectivity index (χ1v) is 14.3. The third-order valence-electron chi connectivity index (χ3n) is 6.35. The Bertz CT molecular complexity index is 1160. The maximum atomic E-state index is 13.8. The van der Waals surface area contributed by atoms with Crippen LogP contribution in [0.5, 0.6) is 0 Å². The molecule has 0 aromatic heterocycles. The second kappa shape index (κ2) is 14.3. The molecule has 0 heterocycles. The number of aryl methyl sites for hydroxylation is 2. The standard InChI is InChI=1S/C31H37ClN2O2S/c1-5-24(4)33-31(36)29(18-25-11-7-6-8-12-25)34(19-27-13-9-10-14-28(27)32)30(35)21-37-20-26-16-22(2)15-23(3)17-26/h6-17,24,29H,5,18-21H2,1-4H3,(H,33,36)/t24-,29+/m0/s1. The molecule has 196 valence electrons. The van der Waals surface area contributed by atoms with Crippen LogP contribution in [0.3, 0.4) is 0 Å². The lowest BCUT2D eigenvalue weighted by Crippen LogP contribution is -2.52. The van der Waals surface area contributed by atoms with Crippen LogP contribution >= 0.6 is 23.4 Å². The van der Waals surface area contributed by atoms with E-state index in [1.165, 1.54) is 16.7 Å². The van der Waals surface area contributed by atoms with Crippen molar-refractivity contribution < 1.29 is 9.59 Å². The zero-order valence-electron chi connectivity index (χ0n) is 22.2. The SMILES string of the molecule is CC[C@H](C)NC(=O)[C@@H](Cc1ccccc1)N(Cc1ccccc1Cl)C(=O)CSCc1cc(C)cc(C)c1. The smallest absolute Gasteiger partial charge is 0.243 e. The number of nitrogens with one attached hydrogen (secondary N) is 1. The number of nitrogens with zero attached hydrogens (tertiary/aromatic N) is 1. The lowest BCUT2D eigenvalue weighted by atomic mass is 10.0. The summed E-state index contributed by atoms with van der Waals surface area (Å²) >= 11 is 8.07. The van der Waals surface area contributed by atoms with Gasteiger partial charge >= 0.3 is 0 Å². The molecule has 0 bridgehead atoms. The van der Waals surface area contributed by atoms with Crippen molar-refractivity contribution in [2.45, 2.75) is 64.9 Å². The molecule has 0 saturated carbocycles. The summed E-state index contributed by atoms with van der Waals surface area (Å²) in [5, 5.41) is 3.69. The quantitative estimate of drug-likeness (QED) is 0.279. The number of halogens is 1. The Morgan fingerprint density at radius 1 is 0.946 bits per heavy atom. The summed E-state index contributed by atoms with van der Waals surface area (Å²) in [6.07, 6.45) is 1.25. The van der Waals surface area contributed by atoms with E-state index in [9.17, 15) is 9.59 Å². The van der Waals surface area contributed by atoms with Crippen molar-refractivity contribution >= 4 is 35.2 Å². The molecule has 0 unspecified atom stereocenters. The van der Waals surface area contributed by atoms with Crippen LogP contribution < -0.4 is 5.32 Å². The van der Waals surface area contributed by atoms with Gasteiger partial charge in [0.2, 0.25) is 11.8 Å². The summed E-state index contributed by atoms with van der Waals surface area (Å²) in [7, 11) is 0. The van der Waals surface area contributed by atoms with Crippen LogP contribution in [0.1, 0.15) is 48.1 Å². The van der Waals surface area contributed by atoms with Gasteiger partial charge in [-0.3, -0.25) is 9.59 Å². The van der Waals surface area contributed by atoms with Crippen LogP contribution in [-0.4, -0.2) is 34.6 Å². The molecule has 3 rings (SSSR count). The van der Waals surface area contributed by atoms with Crippen LogP contribution in [0.4, 0.5) is 0 Å². The molecule has 0 fully saturated rings. The Morgan fingerprint density at radius 3 is 2.24 bits per heavy atom. The van der Waals surface area contributed by atoms with Crippen molar-refractivity contribution in [1.82, 2.24) is 10.2 Å². The number of hydrogen-bond donors (Lipinski definition) is 1. The van der Waals surface area contributed by atoms with Crippen molar-refractivity contribution in [3.8, 4) is 0 Å². The predicted octanol–water partition coefficient (Wildman–Crippen LogP) is 6.74. The van der Waals surface area contributed by atoms with Crippen LogP contribution in [0.15, 0.2) is 72.8 Å². The molecule has 2 amide bonds. The number of thioether (sulfide) groups is 1. The normalized spacial score (nSPS) is 12.6. The monoisotopic (exact) mass is 536 g/mol. The maximum absolute atomic E-state index is 13.8. The number of carbonyl (C=O) groups is 2. The van der Waals surface area contributed by atoms with Gasteiger partial charge in [0.05, 0.1) is 5.75 Å². The fraction of sp³-hybridized carbons (Fsp3) is 0.355. The Hall–Kier alpha value is -2.76. The second-order valence-electron chi connectivity index (χ2n) is 9.63. The summed E-state index contributed by atoms with van der Waals surface area (Å²) in [5.41, 5.74) is 5.46. The lowest BCUT2D eigenvalue weighted by Gasteiger charge is -2.32. The maximum Gasteiger partial charge on any atom is 0.243 e. The zero-order valence-corrected chi connectivity index (χ0v) is 23.7. The molecule has 0 radical (unpaired) electrons. The number of hydrogen-bond acceptors (Lipinski definition) is 3. The minimum atomic E-state index is -0.651. The van der Waals surface area contributed by atoms with Gasteiger partial charge in [0, 0.05) is 29.8 Å². The van der Waals surface area contributed by atoms with Gasteiger partial charge in [-0.1, -0.05) is 96.4 Å². The summed E-state index contributed by atoms with van der Waals surface area (Å²) in [6.45, 7) is 8.46. The Kier molecular flexibility index (Phi) is 11.1. The molecular formula is C31H37ClN2O2S. The van der Waals surface area contributed by atoms with Crippen LogP contribution in [0.2, 0.25) is 5.02 Å². The molecule has 3 aromatic rings. The topological polar surface area (TPSA) is 49.4 Å². The van der Waals surface area contributed by atoms with Crippen LogP contribution in [-0.2, 0) is 28.3 Å². The van der Waals surface area contributed by atoms with Crippen molar-refractivity contribution in [1.29, 1.82) is 0 Å². The van der Waals surface area contributed by atoms with E-state index in [0.717, 1.165) is 23.3 Å². The molecule has 4 nitrogen and oxygen atoms in total. The third-order valence-corrected chi connectivity index (χ3v) is 7.70. The summed E-state index contributed by atoms with van der Waals surface area (Å²) in [4.78, 5) is 29.0. The highest BCUT2D eigenvalue weighted by Crippen LogP contribution is 2.23. The Morgan fingerprint density at radius 2 is 1.59 bits per heavy atom. The van der Waals surface area contributed by atoms with Crippen LogP contribution in [0, 0.1) is 13.8 Å². The molecule has 1 N–H and O–H groups in total. The van der Waals surface area contributed by atoms with E-state index in [4.69, 9.17) is 11.6 Å². The van der Waals surface area contributed by atoms with Gasteiger partial charge in [0.25, 0.3) is 0 Å². The van der Waals surface area contributed by atoms with E-state index >= 15 is 0 Å². The van der Waals surface area contributed by atoms with Gasteiger partial charge in [-0.2, -0.15) is 0 Å². The summed E-state index contributed by atoms with van der Waals surface area (Å²) < 4.78 is 0. The molecule has 0 spiro atoms. The van der Waals surface area contributed by atoms with Gasteiger partial charge < -0.3 is 10.2 Å². The molecule has 37 heavy (non-hydrogen) atoms. The average Bonchev–Trinajstić information content (AvgIpc) is 2.87. The van der Waals surface area contributed by atoms with Gasteiger partial charge in [0.1, 0.15) is 6.04 Å². The van der Waals surface area contributed by atoms with E-state index in [1.54, 1.807) is 16.7 Å². The molecule has 6 heteroatoms. The van der Waals surface area contributed by atoms with Crippen molar-refractivity contribution in [2.75, 3.05) is 5.75 Å². The predicted molar refractivity (Wildman–Crippen MR) is 156 cm³/mol. The lowest BCUT2D eigenvalue weighted by molar-refractivity contribution is -0.139. The third kappa shape index (κ3) is 8.94. The van der Waals surface area contributed by atoms with Crippen molar-refractivity contribution in [2.24, 2.45) is 0 Å². The van der Waals surface area contributed by atoms with E-state index in [2.05, 4.69) is 37.4 Å². The van der Waals surface area contributed by atoms with Gasteiger partial charge in [-0.25, -0.2) is 0 Å². The fourth-order valence-electron chi connectivity index (χ4n) is 4.30. The highest BCUT2D eigenvalue weighted by atomic mass is 35.5. The van der Waals surface area contributed by atoms with Crippen LogP contribution in [0.25, 0.3) is 0 Å². The number of rotatable bonds is 12. The summed E-state index contributed by atoms with van der Waals surface area (Å²) in [5.74, 6) is 0.795. The average molecular weight is 537 g/mol. The zero-order chi connectivity index (χ0) is 26.8. The Labute approximate surface area is 230 Å². The first kappa shape index (κ1) is 28.8. The number of benzene rings is 3. The minimum absolute atomic E-state index is 0.0157. The molecule has 0 aliphatic heterocycles. The van der Waals surface area contributed by atoms with E-state index in [0.29, 0.717) is 11.4 Å². The van der Waals surface area contributed by atoms with Crippen molar-refractivity contribution in [3.05, 3.63) is 106 Å². The molecule has 2 atom stereocenters. The van der Waals surface area contributed by atoms with Gasteiger partial charge in [0.15, 0.2) is 0 Å². The van der Waals surface area contributed by atoms with E-state index in [-0.39, 0.29) is 30.2 Å². The molecule has 0 aliphatic carbocycles. The first-order chi connectivity index (χ1) is 17.8. The van der Waals surface area contributed by atoms with E-state index in [1.807, 2.05) is 68.4 Å². The summed E-state index contributed by atoms with van der Waals surface area (Å²) in [6, 6.07) is 23.2. The fourth-order valence-corrected chi connectivity index (χ4v) is 5.34. The molecule has 0 aliphatic rings. The van der Waals surface area contributed by atoms with E-state index < -0.39 is 6.04 Å². The highest BCUT2D eigenvalue weighted by molar-refractivity contribution is 7.99. The number of amides is 2. The Balaban J connectivity index is 1.87. The van der Waals surface area contributed by atoms with Crippen molar-refractivity contribution in [3.63, 3.8) is 0 Å². The molecule has 3 aromatic carbocycles. The van der Waals surface area contributed by atoms with Gasteiger partial charge in [-0.15, -0.1) is 11.8 Å². The first-order valence-electron chi connectivity index (χ1n) is 12.8. The number of carbonyl (C=O) groups excluding carboxylic acids is 2. The highest BCUT2D eigenvalue weighted by Gasteiger charge is 2.31. The van der Waals surface area contributed by atoms with Gasteiger partial charge in [-0.05, 0) is 49.9 Å². The second-order valence-corrected chi connectivity index (χ2v) is 11.0. The minimum Gasteiger partial charge on any atom is -0.352 e. The largest absolute Gasteiger partial charge is 0.352 e.